The summed E-state index contributed by atoms with van der Waals surface area (Å²) in [4.78, 5) is 10.7. The van der Waals surface area contributed by atoms with Crippen LogP contribution in [0.5, 0.6) is 5.75 Å². The van der Waals surface area contributed by atoms with Gasteiger partial charge < -0.3 is 20.5 Å². The van der Waals surface area contributed by atoms with Gasteiger partial charge in [-0.1, -0.05) is 6.42 Å². The van der Waals surface area contributed by atoms with Crippen molar-refractivity contribution in [2.75, 3.05) is 19.7 Å². The second kappa shape index (κ2) is 8.53. The third-order valence-electron chi connectivity index (χ3n) is 4.00. The van der Waals surface area contributed by atoms with Crippen LogP contribution >= 0.6 is 0 Å². The lowest BCUT2D eigenvalue weighted by molar-refractivity contribution is -0.142. The lowest BCUT2D eigenvalue weighted by Gasteiger charge is -2.24. The van der Waals surface area contributed by atoms with Crippen LogP contribution in [0.2, 0.25) is 0 Å². The zero-order valence-electron chi connectivity index (χ0n) is 13.5. The van der Waals surface area contributed by atoms with E-state index < -0.39 is 11.9 Å². The van der Waals surface area contributed by atoms with Crippen LogP contribution in [0.3, 0.4) is 0 Å². The Morgan fingerprint density at radius 1 is 1.43 bits per heavy atom. The van der Waals surface area contributed by atoms with Crippen molar-refractivity contribution in [3.63, 3.8) is 0 Å². The largest absolute Gasteiger partial charge is 0.493 e. The van der Waals surface area contributed by atoms with Gasteiger partial charge in [-0.15, -0.1) is 0 Å². The molecule has 1 aromatic rings. The van der Waals surface area contributed by atoms with E-state index in [0.29, 0.717) is 17.6 Å². The maximum Gasteiger partial charge on any atom is 0.309 e. The molecular weight excluding hydrogens is 294 g/mol. The predicted octanol–water partition coefficient (Wildman–Crippen LogP) is 1.84. The second-order valence-corrected chi connectivity index (χ2v) is 5.98. The topological polar surface area (TPSA) is 94.4 Å². The smallest absolute Gasteiger partial charge is 0.309 e. The standard InChI is InChI=1S/C17H25N3O3/c1-12(17(21)22)11-23-15-7-5-13(6-8-15)16(18)20-10-14-4-2-3-9-19-14/h5-8,12,14,19H,2-4,9-11H2,1H3,(H2,18,20)(H,21,22). The maximum absolute atomic E-state index is 10.7. The fourth-order valence-electron chi connectivity index (χ4n) is 2.44. The van der Waals surface area contributed by atoms with Crippen molar-refractivity contribution in [2.24, 2.45) is 5.92 Å². The van der Waals surface area contributed by atoms with Crippen LogP contribution in [-0.4, -0.2) is 42.6 Å². The molecule has 2 unspecified atom stereocenters. The first-order valence-electron chi connectivity index (χ1n) is 8.08. The first-order valence-corrected chi connectivity index (χ1v) is 8.08. The van der Waals surface area contributed by atoms with Crippen LogP contribution in [0.25, 0.3) is 0 Å². The molecule has 126 valence electrons. The molecule has 0 aromatic heterocycles. The summed E-state index contributed by atoms with van der Waals surface area (Å²) in [5, 5.41) is 23.5. The fourth-order valence-corrected chi connectivity index (χ4v) is 2.44. The van der Waals surface area contributed by atoms with Crippen LogP contribution in [0.15, 0.2) is 24.3 Å². The molecule has 4 N–H and O–H groups in total. The van der Waals surface area contributed by atoms with Crippen molar-refractivity contribution in [1.82, 2.24) is 10.6 Å². The Labute approximate surface area is 136 Å². The fraction of sp³-hybridized carbons (Fsp3) is 0.529. The third kappa shape index (κ3) is 5.56. The number of benzene rings is 1. The highest BCUT2D eigenvalue weighted by atomic mass is 16.5. The number of ether oxygens (including phenoxy) is 1. The zero-order chi connectivity index (χ0) is 16.7. The van der Waals surface area contributed by atoms with Gasteiger partial charge in [0.2, 0.25) is 0 Å². The highest BCUT2D eigenvalue weighted by Gasteiger charge is 2.13. The molecule has 1 aromatic carbocycles. The molecule has 0 spiro atoms. The van der Waals surface area contributed by atoms with Crippen LogP contribution in [0.1, 0.15) is 31.7 Å². The molecule has 2 atom stereocenters. The highest BCUT2D eigenvalue weighted by molar-refractivity contribution is 5.96. The van der Waals surface area contributed by atoms with Gasteiger partial charge in [0.25, 0.3) is 0 Å². The van der Waals surface area contributed by atoms with Crippen LogP contribution in [0.4, 0.5) is 0 Å². The monoisotopic (exact) mass is 319 g/mol. The number of nitrogens with one attached hydrogen (secondary N) is 3. The summed E-state index contributed by atoms with van der Waals surface area (Å²) in [5.41, 5.74) is 0.791. The first kappa shape index (κ1) is 17.3. The summed E-state index contributed by atoms with van der Waals surface area (Å²) in [6, 6.07) is 7.58. The van der Waals surface area contributed by atoms with E-state index >= 15 is 0 Å². The third-order valence-corrected chi connectivity index (χ3v) is 4.00. The van der Waals surface area contributed by atoms with Gasteiger partial charge in [0.05, 0.1) is 5.92 Å². The van der Waals surface area contributed by atoms with Crippen molar-refractivity contribution in [2.45, 2.75) is 32.2 Å². The Hall–Kier alpha value is -2.08. The number of rotatable bonds is 7. The minimum atomic E-state index is -0.871. The van der Waals surface area contributed by atoms with Gasteiger partial charge >= 0.3 is 5.97 Å². The highest BCUT2D eigenvalue weighted by Crippen LogP contribution is 2.13. The Kier molecular flexibility index (Phi) is 6.40. The minimum Gasteiger partial charge on any atom is -0.493 e. The van der Waals surface area contributed by atoms with Gasteiger partial charge in [-0.3, -0.25) is 10.2 Å². The number of amidine groups is 1. The summed E-state index contributed by atoms with van der Waals surface area (Å²) in [7, 11) is 0. The Morgan fingerprint density at radius 2 is 2.17 bits per heavy atom. The summed E-state index contributed by atoms with van der Waals surface area (Å²) in [6.07, 6.45) is 3.62. The van der Waals surface area contributed by atoms with E-state index in [1.165, 1.54) is 12.8 Å². The average Bonchev–Trinajstić information content (AvgIpc) is 2.58. The molecule has 1 heterocycles. The number of aliphatic carboxylic acids is 1. The van der Waals surface area contributed by atoms with Crippen LogP contribution in [0, 0.1) is 11.3 Å². The van der Waals surface area contributed by atoms with Gasteiger partial charge in [-0.25, -0.2) is 0 Å². The van der Waals surface area contributed by atoms with Crippen molar-refractivity contribution in [1.29, 1.82) is 5.41 Å². The molecule has 2 rings (SSSR count). The van der Waals surface area contributed by atoms with Crippen LogP contribution in [-0.2, 0) is 4.79 Å². The van der Waals surface area contributed by atoms with E-state index in [1.54, 1.807) is 19.1 Å². The van der Waals surface area contributed by atoms with Gasteiger partial charge in [0.15, 0.2) is 0 Å². The molecule has 0 aliphatic carbocycles. The van der Waals surface area contributed by atoms with Crippen molar-refractivity contribution in [3.05, 3.63) is 29.8 Å². The quantitative estimate of drug-likeness (QED) is 0.454. The normalized spacial score (nSPS) is 18.9. The van der Waals surface area contributed by atoms with Crippen LogP contribution < -0.4 is 15.4 Å². The SMILES string of the molecule is CC(COc1ccc(C(=N)NCC2CCCCN2)cc1)C(=O)O. The van der Waals surface area contributed by atoms with E-state index in [9.17, 15) is 4.79 Å². The van der Waals surface area contributed by atoms with E-state index in [-0.39, 0.29) is 6.61 Å². The second-order valence-electron chi connectivity index (χ2n) is 5.98. The lowest BCUT2D eigenvalue weighted by atomic mass is 10.0. The van der Waals surface area contributed by atoms with Gasteiger partial charge in [-0.05, 0) is 50.6 Å². The lowest BCUT2D eigenvalue weighted by Crippen LogP contribution is -2.43. The molecule has 23 heavy (non-hydrogen) atoms. The Bertz CT molecular complexity index is 524. The zero-order valence-corrected chi connectivity index (χ0v) is 13.5. The molecule has 1 aliphatic rings. The molecule has 0 radical (unpaired) electrons. The van der Waals surface area contributed by atoms with E-state index in [2.05, 4.69) is 10.6 Å². The Morgan fingerprint density at radius 3 is 2.78 bits per heavy atom. The summed E-state index contributed by atoms with van der Waals surface area (Å²) in [6.45, 7) is 3.56. The van der Waals surface area contributed by atoms with Crippen molar-refractivity contribution in [3.8, 4) is 5.75 Å². The van der Waals surface area contributed by atoms with Gasteiger partial charge in [0.1, 0.15) is 18.2 Å². The summed E-state index contributed by atoms with van der Waals surface area (Å²) < 4.78 is 5.44. The van der Waals surface area contributed by atoms with E-state index in [4.69, 9.17) is 15.3 Å². The summed E-state index contributed by atoms with van der Waals surface area (Å²) >= 11 is 0. The summed E-state index contributed by atoms with van der Waals surface area (Å²) in [5.74, 6) is -0.409. The molecule has 1 fully saturated rings. The van der Waals surface area contributed by atoms with E-state index in [0.717, 1.165) is 25.1 Å². The van der Waals surface area contributed by atoms with E-state index in [1.807, 2.05) is 12.1 Å². The predicted molar refractivity (Wildman–Crippen MR) is 89.2 cm³/mol. The number of carbonyl (C=O) groups is 1. The Balaban J connectivity index is 1.78. The number of carboxylic acid groups (broad SMARTS) is 1. The number of hydrogen-bond acceptors (Lipinski definition) is 4. The number of hydrogen-bond donors (Lipinski definition) is 4. The molecular formula is C17H25N3O3. The average molecular weight is 319 g/mol. The molecule has 1 saturated heterocycles. The molecule has 0 saturated carbocycles. The minimum absolute atomic E-state index is 0.137. The molecule has 0 amide bonds. The van der Waals surface area contributed by atoms with Crippen molar-refractivity contribution >= 4 is 11.8 Å². The number of piperidine rings is 1. The van der Waals surface area contributed by atoms with Gasteiger partial charge in [0, 0.05) is 18.2 Å². The maximum atomic E-state index is 10.7. The molecule has 6 nitrogen and oxygen atoms in total. The molecule has 0 bridgehead atoms. The molecule has 6 heteroatoms. The number of carboxylic acids is 1. The van der Waals surface area contributed by atoms with Gasteiger partial charge in [-0.2, -0.15) is 0 Å². The first-order chi connectivity index (χ1) is 11.1. The van der Waals surface area contributed by atoms with Crippen molar-refractivity contribution < 1.29 is 14.6 Å². The molecule has 1 aliphatic heterocycles.